The van der Waals surface area contributed by atoms with Gasteiger partial charge in [0.2, 0.25) is 0 Å². The first kappa shape index (κ1) is 75.6. The SMILES string of the molecule is CCCCCCCCCCN(C)C(=O)C(O)CN(CCCN(C)CCCN(CC(O)C(=O)N(C)CCCCCCCCCC)CC(O)C(=O)N(C)CCCCCCCCCC)CC(O)C(=O)N(C)CCCCCCCCCC. The van der Waals surface area contributed by atoms with Crippen LogP contribution in [0.3, 0.4) is 0 Å². The van der Waals surface area contributed by atoms with Gasteiger partial charge < -0.3 is 44.9 Å². The number of aliphatic hydroxyl groups is 4. The fourth-order valence-corrected chi connectivity index (χ4v) is 10.4. The van der Waals surface area contributed by atoms with E-state index in [-0.39, 0.29) is 49.8 Å². The fourth-order valence-electron chi connectivity index (χ4n) is 10.4. The molecule has 0 spiro atoms. The number of nitrogens with zero attached hydrogens (tertiary/aromatic N) is 7. The summed E-state index contributed by atoms with van der Waals surface area (Å²) in [7, 11) is 8.94. The highest BCUT2D eigenvalue weighted by molar-refractivity contribution is 5.82. The lowest BCUT2D eigenvalue weighted by atomic mass is 10.1. The van der Waals surface area contributed by atoms with Crippen molar-refractivity contribution in [3.05, 3.63) is 0 Å². The van der Waals surface area contributed by atoms with Gasteiger partial charge in [0.05, 0.1) is 0 Å². The normalized spacial score (nSPS) is 13.3. The number of rotatable bonds is 56. The first-order valence-electron chi connectivity index (χ1n) is 32.4. The van der Waals surface area contributed by atoms with E-state index in [0.29, 0.717) is 65.2 Å². The van der Waals surface area contributed by atoms with Crippen LogP contribution in [0.5, 0.6) is 0 Å². The second-order valence-electron chi connectivity index (χ2n) is 23.5. The van der Waals surface area contributed by atoms with E-state index in [2.05, 4.69) is 32.6 Å². The number of hydrogen-bond acceptors (Lipinski definition) is 11. The van der Waals surface area contributed by atoms with Crippen molar-refractivity contribution in [3.8, 4) is 0 Å². The summed E-state index contributed by atoms with van der Waals surface area (Å²) in [5, 5.41) is 45.1. The quantitative estimate of drug-likeness (QED) is 0.0427. The molecule has 0 heterocycles. The molecule has 0 rings (SSSR count). The largest absolute Gasteiger partial charge is 0.382 e. The third-order valence-electron chi connectivity index (χ3n) is 15.8. The first-order chi connectivity index (χ1) is 37.5. The van der Waals surface area contributed by atoms with Gasteiger partial charge >= 0.3 is 0 Å². The van der Waals surface area contributed by atoms with Crippen molar-refractivity contribution in [3.63, 3.8) is 0 Å². The molecule has 0 bridgehead atoms. The third-order valence-corrected chi connectivity index (χ3v) is 15.8. The van der Waals surface area contributed by atoms with Gasteiger partial charge in [0, 0.05) is 80.5 Å². The molecule has 0 saturated carbocycles. The predicted molar refractivity (Wildman–Crippen MR) is 325 cm³/mol. The molecule has 0 aliphatic rings. The minimum Gasteiger partial charge on any atom is -0.382 e. The zero-order valence-electron chi connectivity index (χ0n) is 52.4. The van der Waals surface area contributed by atoms with Crippen LogP contribution in [0.1, 0.15) is 246 Å². The van der Waals surface area contributed by atoms with Crippen molar-refractivity contribution >= 4 is 23.6 Å². The third kappa shape index (κ3) is 40.7. The van der Waals surface area contributed by atoms with Crippen molar-refractivity contribution in [1.29, 1.82) is 0 Å². The van der Waals surface area contributed by atoms with Crippen LogP contribution >= 0.6 is 0 Å². The zero-order chi connectivity index (χ0) is 58.2. The lowest BCUT2D eigenvalue weighted by molar-refractivity contribution is -0.143. The van der Waals surface area contributed by atoms with Gasteiger partial charge in [-0.2, -0.15) is 0 Å². The van der Waals surface area contributed by atoms with Crippen LogP contribution < -0.4 is 0 Å². The van der Waals surface area contributed by atoms with E-state index in [1.807, 2.05) is 16.8 Å². The van der Waals surface area contributed by atoms with Gasteiger partial charge in [0.15, 0.2) is 0 Å². The van der Waals surface area contributed by atoms with Crippen LogP contribution in [0.2, 0.25) is 0 Å². The monoisotopic (exact) mass is 1110 g/mol. The Balaban J connectivity index is 5.73. The van der Waals surface area contributed by atoms with Crippen LogP contribution in [-0.4, -0.2) is 217 Å². The number of likely N-dealkylation sites (N-methyl/N-ethyl adjacent to an activating group) is 4. The lowest BCUT2D eigenvalue weighted by Gasteiger charge is -2.31. The van der Waals surface area contributed by atoms with E-state index >= 15 is 0 Å². The van der Waals surface area contributed by atoms with Crippen molar-refractivity contribution in [2.24, 2.45) is 0 Å². The topological polar surface area (TPSA) is 172 Å². The van der Waals surface area contributed by atoms with Gasteiger partial charge in [0.1, 0.15) is 24.4 Å². The Morgan fingerprint density at radius 2 is 0.436 bits per heavy atom. The summed E-state index contributed by atoms with van der Waals surface area (Å²) in [6.07, 6.45) is 33.1. The van der Waals surface area contributed by atoms with Gasteiger partial charge in [-0.05, 0) is 71.8 Å². The first-order valence-corrected chi connectivity index (χ1v) is 32.4. The number of unbranched alkanes of at least 4 members (excludes halogenated alkanes) is 28. The van der Waals surface area contributed by atoms with E-state index in [0.717, 1.165) is 77.0 Å². The van der Waals surface area contributed by atoms with Gasteiger partial charge in [-0.1, -0.05) is 207 Å². The van der Waals surface area contributed by atoms with Gasteiger partial charge in [0.25, 0.3) is 23.6 Å². The highest BCUT2D eigenvalue weighted by Crippen LogP contribution is 2.14. The Labute approximate surface area is 480 Å². The number of carbonyl (C=O) groups excluding carboxylic acids is 4. The van der Waals surface area contributed by atoms with Crippen molar-refractivity contribution in [1.82, 2.24) is 34.3 Å². The van der Waals surface area contributed by atoms with Crippen LogP contribution in [0.25, 0.3) is 0 Å². The molecule has 4 atom stereocenters. The highest BCUT2D eigenvalue weighted by Gasteiger charge is 2.29. The molecule has 0 aromatic rings. The molecule has 0 saturated heterocycles. The van der Waals surface area contributed by atoms with Gasteiger partial charge in [-0.15, -0.1) is 0 Å². The Bertz CT molecular complexity index is 1240. The molecular formula is C63H127N7O8. The predicted octanol–water partition coefficient (Wildman–Crippen LogP) is 10.1. The summed E-state index contributed by atoms with van der Waals surface area (Å²) in [6, 6.07) is 0. The fraction of sp³-hybridized carbons (Fsp3) is 0.937. The summed E-state index contributed by atoms with van der Waals surface area (Å²) in [5.41, 5.74) is 0. The van der Waals surface area contributed by atoms with E-state index in [1.165, 1.54) is 128 Å². The molecule has 15 nitrogen and oxygen atoms in total. The Morgan fingerprint density at radius 3 is 0.628 bits per heavy atom. The van der Waals surface area contributed by atoms with E-state index in [1.54, 1.807) is 47.8 Å². The minimum absolute atomic E-state index is 0.00389. The maximum atomic E-state index is 13.4. The van der Waals surface area contributed by atoms with E-state index in [9.17, 15) is 39.6 Å². The van der Waals surface area contributed by atoms with Gasteiger partial charge in [-0.3, -0.25) is 29.0 Å². The Morgan fingerprint density at radius 1 is 0.256 bits per heavy atom. The average molecular weight is 1110 g/mol. The van der Waals surface area contributed by atoms with Crippen LogP contribution in [0.15, 0.2) is 0 Å². The molecule has 78 heavy (non-hydrogen) atoms. The molecule has 0 aromatic heterocycles. The molecule has 0 fully saturated rings. The Hall–Kier alpha value is -2.40. The minimum atomic E-state index is -1.30. The molecule has 0 aliphatic heterocycles. The number of amides is 4. The van der Waals surface area contributed by atoms with Crippen LogP contribution in [0.4, 0.5) is 0 Å². The summed E-state index contributed by atoms with van der Waals surface area (Å²) in [6.45, 7) is 13.3. The summed E-state index contributed by atoms with van der Waals surface area (Å²) in [5.74, 6) is -1.44. The molecule has 4 unspecified atom stereocenters. The maximum absolute atomic E-state index is 13.4. The van der Waals surface area contributed by atoms with E-state index < -0.39 is 24.4 Å². The lowest BCUT2D eigenvalue weighted by Crippen LogP contribution is -2.49. The molecule has 15 heteroatoms. The van der Waals surface area contributed by atoms with Crippen molar-refractivity contribution in [2.45, 2.75) is 270 Å². The Kier molecular flexibility index (Phi) is 49.9. The molecule has 4 N–H and O–H groups in total. The zero-order valence-corrected chi connectivity index (χ0v) is 52.4. The summed E-state index contributed by atoms with van der Waals surface area (Å²) < 4.78 is 0. The van der Waals surface area contributed by atoms with Crippen LogP contribution in [0, 0.1) is 0 Å². The van der Waals surface area contributed by atoms with Crippen molar-refractivity contribution < 1.29 is 39.6 Å². The van der Waals surface area contributed by atoms with Crippen molar-refractivity contribution in [2.75, 3.05) is 114 Å². The smallest absolute Gasteiger partial charge is 0.252 e. The molecule has 0 aromatic carbocycles. The molecule has 0 radical (unpaired) electrons. The van der Waals surface area contributed by atoms with Gasteiger partial charge in [-0.25, -0.2) is 0 Å². The molecule has 0 aliphatic carbocycles. The molecule has 4 amide bonds. The van der Waals surface area contributed by atoms with Crippen LogP contribution in [-0.2, 0) is 19.2 Å². The summed E-state index contributed by atoms with van der Waals surface area (Å²) in [4.78, 5) is 66.0. The maximum Gasteiger partial charge on any atom is 0.252 e. The average Bonchev–Trinajstić information content (AvgIpc) is 3.42. The number of hydrogen-bond donors (Lipinski definition) is 4. The molecular weight excluding hydrogens is 983 g/mol. The summed E-state index contributed by atoms with van der Waals surface area (Å²) >= 11 is 0. The second-order valence-corrected chi connectivity index (χ2v) is 23.5. The number of carbonyl (C=O) groups is 4. The van der Waals surface area contributed by atoms with E-state index in [4.69, 9.17) is 0 Å². The number of aliphatic hydroxyl groups excluding tert-OH is 4. The standard InChI is InChI=1S/C63H127N7O8/c1-10-14-18-22-26-30-34-38-46-65(6)60(75)56(71)52-69(53-57(72)61(76)66(7)47-39-35-31-27-23-19-15-11-2)50-42-44-64(5)45-43-51-70(54-58(73)62(77)67(8)48-40-36-32-28-24-20-16-12-3)55-59(74)63(78)68(9)49-41-37-33-29-25-21-17-13-4/h56-59,71-74H,10-55H2,1-9H3. The highest BCUT2D eigenvalue weighted by atomic mass is 16.3. The second kappa shape index (κ2) is 51.5. The molecule has 462 valence electrons.